The van der Waals surface area contributed by atoms with Gasteiger partial charge < -0.3 is 15.7 Å². The van der Waals surface area contributed by atoms with Crippen LogP contribution in [-0.4, -0.2) is 30.2 Å². The van der Waals surface area contributed by atoms with Crippen molar-refractivity contribution in [2.75, 3.05) is 18.0 Å². The van der Waals surface area contributed by atoms with Gasteiger partial charge in [0.1, 0.15) is 0 Å². The number of nitrogens with two attached hydrogens (primary N) is 1. The molecule has 0 spiro atoms. The summed E-state index contributed by atoms with van der Waals surface area (Å²) >= 11 is 6.00. The highest BCUT2D eigenvalue weighted by molar-refractivity contribution is 6.30. The Morgan fingerprint density at radius 3 is 2.95 bits per heavy atom. The molecular formula is C14H19ClN2O2. The minimum atomic E-state index is -0.742. The molecule has 1 fully saturated rings. The van der Waals surface area contributed by atoms with Gasteiger partial charge in [-0.1, -0.05) is 17.7 Å². The predicted molar refractivity (Wildman–Crippen MR) is 76.6 cm³/mol. The van der Waals surface area contributed by atoms with E-state index in [0.29, 0.717) is 17.4 Å². The lowest BCUT2D eigenvalue weighted by Crippen LogP contribution is -2.47. The molecule has 0 aliphatic carbocycles. The number of carboxylic acids is 1. The van der Waals surface area contributed by atoms with E-state index in [1.807, 2.05) is 24.3 Å². The molecule has 0 bridgehead atoms. The van der Waals surface area contributed by atoms with Gasteiger partial charge in [0.2, 0.25) is 0 Å². The summed E-state index contributed by atoms with van der Waals surface area (Å²) in [7, 11) is 0. The van der Waals surface area contributed by atoms with Crippen LogP contribution in [0.3, 0.4) is 0 Å². The van der Waals surface area contributed by atoms with E-state index in [2.05, 4.69) is 4.90 Å². The molecule has 0 amide bonds. The molecule has 5 heteroatoms. The number of carbonyl (C=O) groups is 1. The number of rotatable bonds is 4. The van der Waals surface area contributed by atoms with E-state index in [-0.39, 0.29) is 12.5 Å². The highest BCUT2D eigenvalue weighted by atomic mass is 35.5. The molecule has 1 aromatic rings. The van der Waals surface area contributed by atoms with Crippen LogP contribution in [-0.2, 0) is 4.79 Å². The SMILES string of the molecule is NC1CC(CCC(=O)O)CN(c2cccc(Cl)c2)C1. The first-order chi connectivity index (χ1) is 9.04. The van der Waals surface area contributed by atoms with Crippen LogP contribution in [0.5, 0.6) is 0 Å². The Bertz CT molecular complexity index is 453. The van der Waals surface area contributed by atoms with Crippen molar-refractivity contribution in [3.05, 3.63) is 29.3 Å². The largest absolute Gasteiger partial charge is 0.481 e. The molecule has 104 valence electrons. The molecule has 1 saturated heterocycles. The Morgan fingerprint density at radius 2 is 2.26 bits per heavy atom. The number of hydrogen-bond donors (Lipinski definition) is 2. The number of piperidine rings is 1. The fraction of sp³-hybridized carbons (Fsp3) is 0.500. The van der Waals surface area contributed by atoms with Gasteiger partial charge in [0, 0.05) is 36.3 Å². The average Bonchev–Trinajstić information content (AvgIpc) is 2.36. The van der Waals surface area contributed by atoms with Crippen molar-refractivity contribution in [3.8, 4) is 0 Å². The fourth-order valence-electron chi connectivity index (χ4n) is 2.67. The van der Waals surface area contributed by atoms with Gasteiger partial charge in [-0.25, -0.2) is 0 Å². The molecule has 1 aliphatic heterocycles. The summed E-state index contributed by atoms with van der Waals surface area (Å²) < 4.78 is 0. The first-order valence-electron chi connectivity index (χ1n) is 6.52. The third-order valence-corrected chi connectivity index (χ3v) is 3.74. The Morgan fingerprint density at radius 1 is 1.47 bits per heavy atom. The predicted octanol–water partition coefficient (Wildman–Crippen LogP) is 2.36. The zero-order valence-electron chi connectivity index (χ0n) is 10.8. The van der Waals surface area contributed by atoms with Crippen LogP contribution in [0.15, 0.2) is 24.3 Å². The zero-order chi connectivity index (χ0) is 13.8. The second-order valence-electron chi connectivity index (χ2n) is 5.18. The van der Waals surface area contributed by atoms with Gasteiger partial charge in [-0.05, 0) is 37.0 Å². The number of nitrogens with zero attached hydrogens (tertiary/aromatic N) is 1. The minimum Gasteiger partial charge on any atom is -0.481 e. The number of halogens is 1. The van der Waals surface area contributed by atoms with Gasteiger partial charge in [0.15, 0.2) is 0 Å². The summed E-state index contributed by atoms with van der Waals surface area (Å²) in [6.45, 7) is 1.64. The molecule has 19 heavy (non-hydrogen) atoms. The number of aliphatic carboxylic acids is 1. The number of benzene rings is 1. The van der Waals surface area contributed by atoms with Gasteiger partial charge >= 0.3 is 5.97 Å². The van der Waals surface area contributed by atoms with Crippen LogP contribution >= 0.6 is 11.6 Å². The molecule has 2 atom stereocenters. The lowest BCUT2D eigenvalue weighted by Gasteiger charge is -2.37. The van der Waals surface area contributed by atoms with Crippen molar-refractivity contribution < 1.29 is 9.90 Å². The Balaban J connectivity index is 2.03. The quantitative estimate of drug-likeness (QED) is 0.890. The van der Waals surface area contributed by atoms with Gasteiger partial charge in [0.25, 0.3) is 0 Å². The van der Waals surface area contributed by atoms with Gasteiger partial charge in [0.05, 0.1) is 0 Å². The number of anilines is 1. The Labute approximate surface area is 118 Å². The van der Waals surface area contributed by atoms with E-state index in [1.54, 1.807) is 0 Å². The van der Waals surface area contributed by atoms with Gasteiger partial charge in [-0.15, -0.1) is 0 Å². The minimum absolute atomic E-state index is 0.0894. The Hall–Kier alpha value is -1.26. The lowest BCUT2D eigenvalue weighted by molar-refractivity contribution is -0.137. The molecule has 0 radical (unpaired) electrons. The van der Waals surface area contributed by atoms with E-state index in [1.165, 1.54) is 0 Å². The average molecular weight is 283 g/mol. The van der Waals surface area contributed by atoms with Crippen LogP contribution < -0.4 is 10.6 Å². The van der Waals surface area contributed by atoms with Gasteiger partial charge in [-0.2, -0.15) is 0 Å². The summed E-state index contributed by atoms with van der Waals surface area (Å²) in [6.07, 6.45) is 1.78. The van der Waals surface area contributed by atoms with Crippen molar-refractivity contribution in [1.29, 1.82) is 0 Å². The van der Waals surface area contributed by atoms with Crippen molar-refractivity contribution in [2.24, 2.45) is 11.7 Å². The zero-order valence-corrected chi connectivity index (χ0v) is 11.5. The smallest absolute Gasteiger partial charge is 0.303 e. The summed E-state index contributed by atoms with van der Waals surface area (Å²) in [6, 6.07) is 7.79. The molecule has 2 rings (SSSR count). The standard InChI is InChI=1S/C14H19ClN2O2/c15-11-2-1-3-13(7-11)17-8-10(4-5-14(18)19)6-12(16)9-17/h1-3,7,10,12H,4-6,8-9,16H2,(H,18,19). The second-order valence-corrected chi connectivity index (χ2v) is 5.62. The third-order valence-electron chi connectivity index (χ3n) is 3.51. The van der Waals surface area contributed by atoms with Crippen LogP contribution in [0.4, 0.5) is 5.69 Å². The van der Waals surface area contributed by atoms with Crippen molar-refractivity contribution in [2.45, 2.75) is 25.3 Å². The molecule has 0 aromatic heterocycles. The van der Waals surface area contributed by atoms with Crippen LogP contribution in [0.25, 0.3) is 0 Å². The number of hydrogen-bond acceptors (Lipinski definition) is 3. The summed E-state index contributed by atoms with van der Waals surface area (Å²) in [5.41, 5.74) is 7.13. The van der Waals surface area contributed by atoms with E-state index >= 15 is 0 Å². The Kier molecular flexibility index (Phi) is 4.66. The first-order valence-corrected chi connectivity index (χ1v) is 6.90. The van der Waals surface area contributed by atoms with E-state index in [0.717, 1.165) is 25.2 Å². The second kappa shape index (κ2) is 6.26. The molecule has 1 aliphatic rings. The first kappa shape index (κ1) is 14.2. The molecule has 0 saturated carbocycles. The maximum absolute atomic E-state index is 10.7. The molecular weight excluding hydrogens is 264 g/mol. The van der Waals surface area contributed by atoms with Crippen LogP contribution in [0.2, 0.25) is 5.02 Å². The maximum Gasteiger partial charge on any atom is 0.303 e. The van der Waals surface area contributed by atoms with E-state index in [9.17, 15) is 4.79 Å². The number of carboxylic acid groups (broad SMARTS) is 1. The van der Waals surface area contributed by atoms with Crippen LogP contribution in [0, 0.1) is 5.92 Å². The highest BCUT2D eigenvalue weighted by Crippen LogP contribution is 2.27. The highest BCUT2D eigenvalue weighted by Gasteiger charge is 2.25. The molecule has 1 heterocycles. The fourth-order valence-corrected chi connectivity index (χ4v) is 2.85. The van der Waals surface area contributed by atoms with E-state index < -0.39 is 5.97 Å². The van der Waals surface area contributed by atoms with Crippen molar-refractivity contribution in [3.63, 3.8) is 0 Å². The summed E-state index contributed by atoms with van der Waals surface area (Å²) in [4.78, 5) is 12.9. The van der Waals surface area contributed by atoms with E-state index in [4.69, 9.17) is 22.4 Å². The summed E-state index contributed by atoms with van der Waals surface area (Å²) in [5, 5.41) is 9.47. The molecule has 1 aromatic carbocycles. The maximum atomic E-state index is 10.7. The van der Waals surface area contributed by atoms with Crippen molar-refractivity contribution >= 4 is 23.3 Å². The lowest BCUT2D eigenvalue weighted by atomic mass is 9.90. The van der Waals surface area contributed by atoms with Gasteiger partial charge in [-0.3, -0.25) is 4.79 Å². The molecule has 3 N–H and O–H groups in total. The third kappa shape index (κ3) is 4.11. The molecule has 4 nitrogen and oxygen atoms in total. The topological polar surface area (TPSA) is 66.6 Å². The van der Waals surface area contributed by atoms with Crippen LogP contribution in [0.1, 0.15) is 19.3 Å². The summed E-state index contributed by atoms with van der Waals surface area (Å²) in [5.74, 6) is -0.410. The monoisotopic (exact) mass is 282 g/mol. The molecule has 2 unspecified atom stereocenters. The normalized spacial score (nSPS) is 23.4. The van der Waals surface area contributed by atoms with Crippen molar-refractivity contribution in [1.82, 2.24) is 0 Å².